The molecule has 2 aromatic carbocycles. The molecule has 0 N–H and O–H groups in total. The van der Waals surface area contributed by atoms with Gasteiger partial charge in [0.15, 0.2) is 5.78 Å². The number of Topliss-reactive ketones (excluding diaryl/α,β-unsaturated/α-hetero) is 1. The summed E-state index contributed by atoms with van der Waals surface area (Å²) in [7, 11) is 0. The number of ketones is 1. The lowest BCUT2D eigenvalue weighted by atomic mass is 9.99. The summed E-state index contributed by atoms with van der Waals surface area (Å²) in [6.45, 7) is 4.05. The van der Waals surface area contributed by atoms with Gasteiger partial charge in [0.1, 0.15) is 5.75 Å². The monoisotopic (exact) mass is 266 g/mol. The number of hydrogen-bond donors (Lipinski definition) is 0. The van der Waals surface area contributed by atoms with Gasteiger partial charge in [0.2, 0.25) is 0 Å². The van der Waals surface area contributed by atoms with Crippen LogP contribution in [-0.2, 0) is 6.42 Å². The van der Waals surface area contributed by atoms with Crippen LogP contribution in [-0.4, -0.2) is 11.9 Å². The van der Waals surface area contributed by atoms with Crippen molar-refractivity contribution in [2.75, 3.05) is 0 Å². The second-order valence-electron chi connectivity index (χ2n) is 5.46. The van der Waals surface area contributed by atoms with E-state index in [1.54, 1.807) is 0 Å². The Kier molecular flexibility index (Phi) is 3.31. The van der Waals surface area contributed by atoms with E-state index >= 15 is 0 Å². The number of carbonyl (C=O) groups excluding carboxylic acids is 1. The zero-order chi connectivity index (χ0) is 14.1. The topological polar surface area (TPSA) is 26.3 Å². The number of para-hydroxylation sites is 1. The molecule has 0 spiro atoms. The van der Waals surface area contributed by atoms with Gasteiger partial charge in [-0.3, -0.25) is 4.79 Å². The van der Waals surface area contributed by atoms with Gasteiger partial charge in [-0.25, -0.2) is 0 Å². The fourth-order valence-electron chi connectivity index (χ4n) is 2.68. The molecule has 1 aliphatic carbocycles. The lowest BCUT2D eigenvalue weighted by molar-refractivity contribution is 0.0994. The number of benzene rings is 2. The molecular weight excluding hydrogens is 248 g/mol. The van der Waals surface area contributed by atoms with Crippen molar-refractivity contribution in [2.45, 2.75) is 32.8 Å². The molecule has 0 unspecified atom stereocenters. The van der Waals surface area contributed by atoms with E-state index in [2.05, 4.69) is 12.1 Å². The smallest absolute Gasteiger partial charge is 0.163 e. The van der Waals surface area contributed by atoms with Crippen LogP contribution in [0.5, 0.6) is 5.75 Å². The van der Waals surface area contributed by atoms with E-state index in [9.17, 15) is 4.79 Å². The molecule has 0 aliphatic heterocycles. The Morgan fingerprint density at radius 2 is 1.80 bits per heavy atom. The van der Waals surface area contributed by atoms with Gasteiger partial charge >= 0.3 is 0 Å². The quantitative estimate of drug-likeness (QED) is 0.829. The lowest BCUT2D eigenvalue weighted by Crippen LogP contribution is -2.06. The van der Waals surface area contributed by atoms with E-state index in [0.717, 1.165) is 34.4 Å². The van der Waals surface area contributed by atoms with Crippen LogP contribution in [0.15, 0.2) is 42.5 Å². The predicted molar refractivity (Wildman–Crippen MR) is 80.3 cm³/mol. The Labute approximate surface area is 119 Å². The highest BCUT2D eigenvalue weighted by molar-refractivity contribution is 6.01. The minimum absolute atomic E-state index is 0.146. The van der Waals surface area contributed by atoms with Crippen LogP contribution in [0.25, 0.3) is 11.1 Å². The maximum absolute atomic E-state index is 11.7. The molecule has 102 valence electrons. The van der Waals surface area contributed by atoms with Crippen LogP contribution in [0.2, 0.25) is 0 Å². The van der Waals surface area contributed by atoms with E-state index in [-0.39, 0.29) is 11.9 Å². The SMILES string of the molecule is CC(C)Oc1ccccc1-c1ccc2c(c1)CCC2=O. The third-order valence-electron chi connectivity index (χ3n) is 3.59. The number of fused-ring (bicyclic) bond motifs is 1. The Bertz CT molecular complexity index is 656. The van der Waals surface area contributed by atoms with Crippen molar-refractivity contribution in [3.8, 4) is 16.9 Å². The van der Waals surface area contributed by atoms with Gasteiger partial charge in [-0.1, -0.05) is 36.4 Å². The molecule has 2 aromatic rings. The number of aryl methyl sites for hydroxylation is 1. The maximum atomic E-state index is 11.7. The predicted octanol–water partition coefficient (Wildman–Crippen LogP) is 4.27. The maximum Gasteiger partial charge on any atom is 0.163 e. The molecule has 0 saturated heterocycles. The summed E-state index contributed by atoms with van der Waals surface area (Å²) < 4.78 is 5.87. The Morgan fingerprint density at radius 3 is 2.60 bits per heavy atom. The summed E-state index contributed by atoms with van der Waals surface area (Å²) >= 11 is 0. The van der Waals surface area contributed by atoms with Gasteiger partial charge in [-0.2, -0.15) is 0 Å². The Morgan fingerprint density at radius 1 is 1.00 bits per heavy atom. The average Bonchev–Trinajstić information content (AvgIpc) is 2.80. The van der Waals surface area contributed by atoms with Gasteiger partial charge in [-0.05, 0) is 37.5 Å². The fourth-order valence-corrected chi connectivity index (χ4v) is 2.68. The van der Waals surface area contributed by atoms with E-state index in [0.29, 0.717) is 6.42 Å². The normalized spacial score (nSPS) is 13.7. The van der Waals surface area contributed by atoms with Gasteiger partial charge in [0.05, 0.1) is 6.10 Å². The fraction of sp³-hybridized carbons (Fsp3) is 0.278. The van der Waals surface area contributed by atoms with Crippen LogP contribution >= 0.6 is 0 Å². The van der Waals surface area contributed by atoms with Gasteiger partial charge in [-0.15, -0.1) is 0 Å². The lowest BCUT2D eigenvalue weighted by Gasteiger charge is -2.14. The first kappa shape index (κ1) is 12.9. The number of carbonyl (C=O) groups is 1. The third-order valence-corrected chi connectivity index (χ3v) is 3.59. The molecule has 20 heavy (non-hydrogen) atoms. The average molecular weight is 266 g/mol. The van der Waals surface area contributed by atoms with E-state index in [1.165, 1.54) is 0 Å². The molecule has 3 rings (SSSR count). The Balaban J connectivity index is 2.04. The van der Waals surface area contributed by atoms with E-state index < -0.39 is 0 Å². The highest BCUT2D eigenvalue weighted by Crippen LogP contribution is 2.33. The van der Waals surface area contributed by atoms with E-state index in [1.807, 2.05) is 44.2 Å². The first-order valence-electron chi connectivity index (χ1n) is 7.07. The Hall–Kier alpha value is -2.09. The van der Waals surface area contributed by atoms with Crippen molar-refractivity contribution in [1.29, 1.82) is 0 Å². The second kappa shape index (κ2) is 5.12. The standard InChI is InChI=1S/C18H18O2/c1-12(2)20-18-6-4-3-5-16(18)14-7-9-15-13(11-14)8-10-17(15)19/h3-7,9,11-12H,8,10H2,1-2H3. The van der Waals surface area contributed by atoms with Crippen molar-refractivity contribution in [2.24, 2.45) is 0 Å². The second-order valence-corrected chi connectivity index (χ2v) is 5.46. The first-order chi connectivity index (χ1) is 9.65. The molecule has 0 amide bonds. The summed E-state index contributed by atoms with van der Waals surface area (Å²) in [6, 6.07) is 14.2. The largest absolute Gasteiger partial charge is 0.490 e. The molecule has 0 bridgehead atoms. The van der Waals surface area contributed by atoms with Crippen molar-refractivity contribution in [1.82, 2.24) is 0 Å². The van der Waals surface area contributed by atoms with Crippen LogP contribution < -0.4 is 4.74 Å². The number of rotatable bonds is 3. The minimum atomic E-state index is 0.146. The highest BCUT2D eigenvalue weighted by atomic mass is 16.5. The highest BCUT2D eigenvalue weighted by Gasteiger charge is 2.20. The van der Waals surface area contributed by atoms with Crippen LogP contribution in [0.4, 0.5) is 0 Å². The molecule has 0 aromatic heterocycles. The summed E-state index contributed by atoms with van der Waals surface area (Å²) in [6.07, 6.45) is 1.64. The summed E-state index contributed by atoms with van der Waals surface area (Å²) in [4.78, 5) is 11.7. The molecule has 2 heteroatoms. The van der Waals surface area contributed by atoms with Crippen LogP contribution in [0.3, 0.4) is 0 Å². The van der Waals surface area contributed by atoms with Crippen molar-refractivity contribution < 1.29 is 9.53 Å². The van der Waals surface area contributed by atoms with Crippen molar-refractivity contribution in [3.63, 3.8) is 0 Å². The van der Waals surface area contributed by atoms with Crippen molar-refractivity contribution >= 4 is 5.78 Å². The number of ether oxygens (including phenoxy) is 1. The molecule has 0 atom stereocenters. The molecule has 0 saturated carbocycles. The third kappa shape index (κ3) is 2.34. The van der Waals surface area contributed by atoms with Crippen LogP contribution in [0, 0.1) is 0 Å². The van der Waals surface area contributed by atoms with Crippen LogP contribution in [0.1, 0.15) is 36.2 Å². The van der Waals surface area contributed by atoms with Gasteiger partial charge < -0.3 is 4.74 Å². The molecule has 1 aliphatic rings. The zero-order valence-electron chi connectivity index (χ0n) is 11.8. The summed E-state index contributed by atoms with van der Waals surface area (Å²) in [5, 5.41) is 0. The number of hydrogen-bond acceptors (Lipinski definition) is 2. The summed E-state index contributed by atoms with van der Waals surface area (Å²) in [5.74, 6) is 1.16. The van der Waals surface area contributed by atoms with E-state index in [4.69, 9.17) is 4.74 Å². The molecule has 0 fully saturated rings. The molecule has 2 nitrogen and oxygen atoms in total. The minimum Gasteiger partial charge on any atom is -0.490 e. The van der Waals surface area contributed by atoms with Crippen molar-refractivity contribution in [3.05, 3.63) is 53.6 Å². The zero-order valence-corrected chi connectivity index (χ0v) is 11.8. The van der Waals surface area contributed by atoms with Gasteiger partial charge in [0, 0.05) is 17.5 Å². The molecule has 0 radical (unpaired) electrons. The molecular formula is C18H18O2. The summed E-state index contributed by atoms with van der Waals surface area (Å²) in [5.41, 5.74) is 4.25. The molecule has 0 heterocycles. The first-order valence-corrected chi connectivity index (χ1v) is 7.07. The van der Waals surface area contributed by atoms with Gasteiger partial charge in [0.25, 0.3) is 0 Å².